The zero-order chi connectivity index (χ0) is 15.5. The Morgan fingerprint density at radius 1 is 1.05 bits per heavy atom. The molecule has 0 fully saturated rings. The molecule has 0 nitrogen and oxygen atoms in total. The molecular formula is C17H16Cl3F. The highest BCUT2D eigenvalue weighted by Crippen LogP contribution is 2.36. The lowest BCUT2D eigenvalue weighted by atomic mass is 9.78. The monoisotopic (exact) mass is 344 g/mol. The Labute approximate surface area is 139 Å². The molecule has 0 amide bonds. The zero-order valence-electron chi connectivity index (χ0n) is 11.7. The van der Waals surface area contributed by atoms with Crippen LogP contribution in [0.3, 0.4) is 0 Å². The van der Waals surface area contributed by atoms with Crippen LogP contribution in [0.4, 0.5) is 4.39 Å². The molecule has 4 heteroatoms. The minimum Gasteiger partial charge on any atom is -0.207 e. The van der Waals surface area contributed by atoms with Crippen LogP contribution in [0.5, 0.6) is 0 Å². The average Bonchev–Trinajstić information content (AvgIpc) is 2.49. The summed E-state index contributed by atoms with van der Waals surface area (Å²) in [6.07, 6.45) is 0.549. The quantitative estimate of drug-likeness (QED) is 0.606. The van der Waals surface area contributed by atoms with E-state index in [1.165, 1.54) is 6.07 Å². The molecule has 0 aliphatic carbocycles. The summed E-state index contributed by atoms with van der Waals surface area (Å²) in [5.74, 6) is 0.375. The van der Waals surface area contributed by atoms with Crippen molar-refractivity contribution >= 4 is 34.8 Å². The van der Waals surface area contributed by atoms with E-state index in [2.05, 4.69) is 0 Å². The van der Waals surface area contributed by atoms with Crippen molar-refractivity contribution < 1.29 is 4.39 Å². The fraction of sp³-hybridized carbons (Fsp3) is 0.294. The molecule has 0 spiro atoms. The van der Waals surface area contributed by atoms with Gasteiger partial charge in [-0.25, -0.2) is 4.39 Å². The lowest BCUT2D eigenvalue weighted by Gasteiger charge is -2.32. The minimum absolute atomic E-state index is 0.257. The fourth-order valence-electron chi connectivity index (χ4n) is 2.46. The van der Waals surface area contributed by atoms with Crippen molar-refractivity contribution in [1.82, 2.24) is 0 Å². The maximum absolute atomic E-state index is 13.5. The standard InChI is InChI=1S/C17H16Cl3F/c1-12-6-7-14(21)8-13(12)9-17(10-18,11-19)15-4-2-3-5-16(15)20/h2-8H,9-11H2,1H3. The summed E-state index contributed by atoms with van der Waals surface area (Å²) in [5.41, 5.74) is 2.31. The number of halogens is 4. The first-order valence-corrected chi connectivity index (χ1v) is 8.09. The summed E-state index contributed by atoms with van der Waals surface area (Å²) in [6.45, 7) is 1.95. The summed E-state index contributed by atoms with van der Waals surface area (Å²) in [6, 6.07) is 12.3. The van der Waals surface area contributed by atoms with Crippen LogP contribution in [0.2, 0.25) is 5.02 Å². The molecule has 0 radical (unpaired) electrons. The number of hydrogen-bond donors (Lipinski definition) is 0. The summed E-state index contributed by atoms with van der Waals surface area (Å²) in [5, 5.41) is 0.632. The van der Waals surface area contributed by atoms with Crippen LogP contribution in [0.25, 0.3) is 0 Å². The third-order valence-corrected chi connectivity index (χ3v) is 5.15. The van der Waals surface area contributed by atoms with Crippen molar-refractivity contribution in [2.75, 3.05) is 11.8 Å². The van der Waals surface area contributed by atoms with E-state index in [1.807, 2.05) is 31.2 Å². The van der Waals surface area contributed by atoms with Gasteiger partial charge in [0, 0.05) is 22.2 Å². The first-order valence-electron chi connectivity index (χ1n) is 6.64. The molecule has 0 bridgehead atoms. The predicted molar refractivity (Wildman–Crippen MR) is 89.4 cm³/mol. The normalized spacial score (nSPS) is 11.7. The number of rotatable bonds is 5. The van der Waals surface area contributed by atoms with Crippen LogP contribution in [0, 0.1) is 12.7 Å². The van der Waals surface area contributed by atoms with Crippen molar-refractivity contribution in [3.8, 4) is 0 Å². The van der Waals surface area contributed by atoms with Crippen molar-refractivity contribution in [1.29, 1.82) is 0 Å². The molecule has 2 aromatic rings. The largest absolute Gasteiger partial charge is 0.207 e. The van der Waals surface area contributed by atoms with E-state index in [0.29, 0.717) is 23.2 Å². The Balaban J connectivity index is 2.48. The lowest BCUT2D eigenvalue weighted by Crippen LogP contribution is -2.34. The molecule has 0 unspecified atom stereocenters. The van der Waals surface area contributed by atoms with Gasteiger partial charge in [0.1, 0.15) is 5.82 Å². The molecule has 0 heterocycles. The second-order valence-electron chi connectivity index (χ2n) is 5.28. The van der Waals surface area contributed by atoms with E-state index in [0.717, 1.165) is 16.7 Å². The van der Waals surface area contributed by atoms with Crippen LogP contribution in [-0.2, 0) is 11.8 Å². The van der Waals surface area contributed by atoms with Gasteiger partial charge in [0.2, 0.25) is 0 Å². The molecule has 0 saturated carbocycles. The topological polar surface area (TPSA) is 0 Å². The molecule has 0 aliphatic heterocycles. The van der Waals surface area contributed by atoms with E-state index in [1.54, 1.807) is 12.1 Å². The summed E-state index contributed by atoms with van der Waals surface area (Å²) < 4.78 is 13.5. The molecule has 0 aliphatic rings. The Morgan fingerprint density at radius 2 is 1.71 bits per heavy atom. The number of hydrogen-bond acceptors (Lipinski definition) is 0. The SMILES string of the molecule is Cc1ccc(F)cc1CC(CCl)(CCl)c1ccccc1Cl. The van der Waals surface area contributed by atoms with Crippen LogP contribution in [0.15, 0.2) is 42.5 Å². The molecule has 21 heavy (non-hydrogen) atoms. The molecule has 0 aromatic heterocycles. The van der Waals surface area contributed by atoms with Gasteiger partial charge in [0.05, 0.1) is 0 Å². The van der Waals surface area contributed by atoms with E-state index in [9.17, 15) is 4.39 Å². The summed E-state index contributed by atoms with van der Waals surface area (Å²) in [4.78, 5) is 0. The van der Waals surface area contributed by atoms with Crippen molar-refractivity contribution in [2.45, 2.75) is 18.8 Å². The smallest absolute Gasteiger partial charge is 0.123 e. The number of alkyl halides is 2. The van der Waals surface area contributed by atoms with E-state index < -0.39 is 5.41 Å². The maximum Gasteiger partial charge on any atom is 0.123 e. The zero-order valence-corrected chi connectivity index (χ0v) is 13.9. The van der Waals surface area contributed by atoms with Gasteiger partial charge in [-0.1, -0.05) is 35.9 Å². The van der Waals surface area contributed by atoms with Gasteiger partial charge in [-0.15, -0.1) is 23.2 Å². The molecule has 0 saturated heterocycles. The highest BCUT2D eigenvalue weighted by Gasteiger charge is 2.33. The van der Waals surface area contributed by atoms with Crippen LogP contribution >= 0.6 is 34.8 Å². The van der Waals surface area contributed by atoms with Gasteiger partial charge in [0.25, 0.3) is 0 Å². The summed E-state index contributed by atoms with van der Waals surface area (Å²) in [7, 11) is 0. The van der Waals surface area contributed by atoms with Crippen molar-refractivity contribution in [2.24, 2.45) is 0 Å². The molecule has 0 N–H and O–H groups in total. The second kappa shape index (κ2) is 7.00. The second-order valence-corrected chi connectivity index (χ2v) is 6.22. The Hall–Kier alpha value is -0.760. The van der Waals surface area contributed by atoms with Gasteiger partial charge in [-0.05, 0) is 48.2 Å². The minimum atomic E-state index is -0.514. The number of benzene rings is 2. The van der Waals surface area contributed by atoms with E-state index in [-0.39, 0.29) is 5.82 Å². The van der Waals surface area contributed by atoms with Crippen LogP contribution in [-0.4, -0.2) is 11.8 Å². The first kappa shape index (κ1) is 16.6. The third kappa shape index (κ3) is 3.53. The number of aryl methyl sites for hydroxylation is 1. The van der Waals surface area contributed by atoms with Gasteiger partial charge >= 0.3 is 0 Å². The molecule has 2 rings (SSSR count). The van der Waals surface area contributed by atoms with Crippen molar-refractivity contribution in [3.05, 3.63) is 70.0 Å². The van der Waals surface area contributed by atoms with Gasteiger partial charge in [0.15, 0.2) is 0 Å². The highest BCUT2D eigenvalue weighted by atomic mass is 35.5. The molecule has 112 valence electrons. The maximum atomic E-state index is 13.5. The van der Waals surface area contributed by atoms with Crippen molar-refractivity contribution in [3.63, 3.8) is 0 Å². The average molecular weight is 346 g/mol. The first-order chi connectivity index (χ1) is 10.0. The third-order valence-electron chi connectivity index (χ3n) is 3.80. The molecule has 0 atom stereocenters. The van der Waals surface area contributed by atoms with Crippen LogP contribution < -0.4 is 0 Å². The predicted octanol–water partition coefficient (Wildman–Crippen LogP) is 5.75. The molecule has 2 aromatic carbocycles. The Bertz CT molecular complexity index is 621. The van der Waals surface area contributed by atoms with E-state index in [4.69, 9.17) is 34.8 Å². The van der Waals surface area contributed by atoms with Gasteiger partial charge < -0.3 is 0 Å². The Kier molecular flexibility index (Phi) is 5.54. The lowest BCUT2D eigenvalue weighted by molar-refractivity contribution is 0.531. The molecular weight excluding hydrogens is 330 g/mol. The van der Waals surface area contributed by atoms with Gasteiger partial charge in [-0.2, -0.15) is 0 Å². The Morgan fingerprint density at radius 3 is 2.33 bits per heavy atom. The van der Waals surface area contributed by atoms with Gasteiger partial charge in [-0.3, -0.25) is 0 Å². The van der Waals surface area contributed by atoms with Crippen LogP contribution in [0.1, 0.15) is 16.7 Å². The highest BCUT2D eigenvalue weighted by molar-refractivity contribution is 6.32. The fourth-order valence-corrected chi connectivity index (χ4v) is 3.55. The van der Waals surface area contributed by atoms with E-state index >= 15 is 0 Å². The summed E-state index contributed by atoms with van der Waals surface area (Å²) >= 11 is 18.8.